The Morgan fingerprint density at radius 3 is 2.57 bits per heavy atom. The Kier molecular flexibility index (Phi) is 5.59. The minimum absolute atomic E-state index is 0.106. The van der Waals surface area contributed by atoms with Crippen molar-refractivity contribution < 1.29 is 8.78 Å². The molecule has 10 heteroatoms. The topological polar surface area (TPSA) is 101 Å². The van der Waals surface area contributed by atoms with Crippen LogP contribution in [0, 0.1) is 0 Å². The number of benzene rings is 1. The van der Waals surface area contributed by atoms with Crippen LogP contribution in [0.25, 0.3) is 16.8 Å². The third-order valence-corrected chi connectivity index (χ3v) is 4.24. The molecule has 0 amide bonds. The molecule has 0 aliphatic rings. The monoisotopic (exact) mass is 388 g/mol. The van der Waals surface area contributed by atoms with Gasteiger partial charge >= 0.3 is 5.69 Å². The second-order valence-corrected chi connectivity index (χ2v) is 5.99. The predicted molar refractivity (Wildman–Crippen MR) is 99.3 cm³/mol. The molecule has 0 unspecified atom stereocenters. The molecule has 2 aromatic heterocycles. The third kappa shape index (κ3) is 3.81. The summed E-state index contributed by atoms with van der Waals surface area (Å²) >= 11 is 0. The fourth-order valence-electron chi connectivity index (χ4n) is 2.68. The van der Waals surface area contributed by atoms with Crippen LogP contribution in [0.4, 0.5) is 8.78 Å². The lowest BCUT2D eigenvalue weighted by atomic mass is 10.1. The molecule has 0 saturated carbocycles. The van der Waals surface area contributed by atoms with E-state index in [1.165, 1.54) is 6.07 Å². The molecule has 1 aromatic carbocycles. The lowest BCUT2D eigenvalue weighted by Gasteiger charge is -2.07. The van der Waals surface area contributed by atoms with Crippen LogP contribution in [0.2, 0.25) is 0 Å². The zero-order valence-corrected chi connectivity index (χ0v) is 15.0. The minimum atomic E-state index is -1.93. The number of rotatable bonds is 6. The van der Waals surface area contributed by atoms with Crippen LogP contribution in [0.15, 0.2) is 63.8 Å². The maximum Gasteiger partial charge on any atom is 0.368 e. The summed E-state index contributed by atoms with van der Waals surface area (Å²) in [5, 5.41) is 7.42. The smallest absolute Gasteiger partial charge is 0.327 e. The first-order chi connectivity index (χ1) is 13.4. The second-order valence-electron chi connectivity index (χ2n) is 5.99. The molecule has 0 bridgehead atoms. The summed E-state index contributed by atoms with van der Waals surface area (Å²) in [6.45, 7) is 1.58. The van der Waals surface area contributed by atoms with E-state index in [2.05, 4.69) is 10.4 Å². The van der Waals surface area contributed by atoms with Gasteiger partial charge in [-0.2, -0.15) is 18.1 Å². The highest BCUT2D eigenvalue weighted by atomic mass is 19.3. The average Bonchev–Trinajstić information content (AvgIpc) is 3.06. The number of tetrazole rings is 1. The van der Waals surface area contributed by atoms with Crippen LogP contribution >= 0.6 is 0 Å². The van der Waals surface area contributed by atoms with Crippen LogP contribution in [-0.2, 0) is 13.1 Å². The summed E-state index contributed by atoms with van der Waals surface area (Å²) in [4.78, 5) is 24.2. The molecule has 0 aliphatic carbocycles. The minimum Gasteiger partial charge on any atom is -0.327 e. The summed E-state index contributed by atoms with van der Waals surface area (Å²) in [5.41, 5.74) is 6.09. The van der Waals surface area contributed by atoms with Gasteiger partial charge in [0, 0.05) is 30.9 Å². The Bertz CT molecular complexity index is 1140. The van der Waals surface area contributed by atoms with Gasteiger partial charge < -0.3 is 10.3 Å². The SMILES string of the molecule is CCn1cc(-c2cccc(-n3nnn(CC(CN)=C(F)F)c3=O)c2)ccc1=O. The van der Waals surface area contributed by atoms with Crippen LogP contribution in [0.3, 0.4) is 0 Å². The molecule has 2 N–H and O–H groups in total. The van der Waals surface area contributed by atoms with Gasteiger partial charge in [-0.3, -0.25) is 4.79 Å². The van der Waals surface area contributed by atoms with E-state index in [0.717, 1.165) is 20.5 Å². The van der Waals surface area contributed by atoms with E-state index >= 15 is 0 Å². The van der Waals surface area contributed by atoms with E-state index < -0.39 is 18.3 Å². The molecule has 0 aliphatic heterocycles. The molecule has 0 atom stereocenters. The van der Waals surface area contributed by atoms with Gasteiger partial charge in [0.2, 0.25) is 0 Å². The molecular weight excluding hydrogens is 370 g/mol. The van der Waals surface area contributed by atoms with E-state index in [4.69, 9.17) is 5.73 Å². The molecule has 0 fully saturated rings. The number of pyridine rings is 1. The molecule has 8 nitrogen and oxygen atoms in total. The van der Waals surface area contributed by atoms with Gasteiger partial charge in [-0.05, 0) is 46.7 Å². The Labute approximate surface area is 158 Å². The highest BCUT2D eigenvalue weighted by molar-refractivity contribution is 5.65. The van der Waals surface area contributed by atoms with Crippen molar-refractivity contribution >= 4 is 0 Å². The summed E-state index contributed by atoms with van der Waals surface area (Å²) in [7, 11) is 0. The maximum absolute atomic E-state index is 12.8. The number of nitrogens with zero attached hydrogens (tertiary/aromatic N) is 5. The lowest BCUT2D eigenvalue weighted by molar-refractivity contribution is 0.400. The number of halogens is 2. The first-order valence-corrected chi connectivity index (χ1v) is 8.51. The zero-order chi connectivity index (χ0) is 20.3. The van der Waals surface area contributed by atoms with Crippen molar-refractivity contribution in [2.45, 2.75) is 20.0 Å². The number of nitrogens with two attached hydrogens (primary N) is 1. The summed E-state index contributed by atoms with van der Waals surface area (Å²) in [5.74, 6) is 0. The van der Waals surface area contributed by atoms with Crippen LogP contribution in [0.5, 0.6) is 0 Å². The van der Waals surface area contributed by atoms with Crippen molar-refractivity contribution in [2.24, 2.45) is 5.73 Å². The molecule has 146 valence electrons. The van der Waals surface area contributed by atoms with Crippen LogP contribution in [-0.4, -0.2) is 30.9 Å². The molecule has 3 rings (SSSR count). The third-order valence-electron chi connectivity index (χ3n) is 4.24. The number of aromatic nitrogens is 5. The first kappa shape index (κ1) is 19.4. The standard InChI is InChI=1S/C18H18F2N6O2/c1-2-24-10-13(6-7-16(24)27)12-4-3-5-15(8-12)26-18(28)25(22-23-26)11-14(9-21)17(19)20/h3-8,10H,2,9,11,21H2,1H3. The highest BCUT2D eigenvalue weighted by Gasteiger charge is 2.13. The molecule has 0 radical (unpaired) electrons. The van der Waals surface area contributed by atoms with Crippen LogP contribution < -0.4 is 17.0 Å². The Balaban J connectivity index is 1.99. The second kappa shape index (κ2) is 8.09. The van der Waals surface area contributed by atoms with Crippen LogP contribution in [0.1, 0.15) is 6.92 Å². The van der Waals surface area contributed by atoms with E-state index in [1.54, 1.807) is 35.0 Å². The van der Waals surface area contributed by atoms with Crippen molar-refractivity contribution in [1.29, 1.82) is 0 Å². The van der Waals surface area contributed by atoms with Gasteiger partial charge in [0.25, 0.3) is 11.6 Å². The summed E-state index contributed by atoms with van der Waals surface area (Å²) in [6.07, 6.45) is -0.208. The van der Waals surface area contributed by atoms with E-state index in [-0.39, 0.29) is 17.7 Å². The highest BCUT2D eigenvalue weighted by Crippen LogP contribution is 2.20. The Morgan fingerprint density at radius 2 is 1.89 bits per heavy atom. The zero-order valence-electron chi connectivity index (χ0n) is 15.0. The fraction of sp³-hybridized carbons (Fsp3) is 0.222. The number of hydrogen-bond donors (Lipinski definition) is 1. The largest absolute Gasteiger partial charge is 0.368 e. The fourth-order valence-corrected chi connectivity index (χ4v) is 2.68. The Morgan fingerprint density at radius 1 is 1.11 bits per heavy atom. The Hall–Kier alpha value is -3.40. The van der Waals surface area contributed by atoms with Crippen molar-refractivity contribution in [3.8, 4) is 16.8 Å². The van der Waals surface area contributed by atoms with Gasteiger partial charge in [-0.25, -0.2) is 4.79 Å². The van der Waals surface area contributed by atoms with Crippen molar-refractivity contribution in [3.05, 3.63) is 75.1 Å². The van der Waals surface area contributed by atoms with E-state index in [9.17, 15) is 18.4 Å². The van der Waals surface area contributed by atoms with Gasteiger partial charge in [0.1, 0.15) is 0 Å². The van der Waals surface area contributed by atoms with Crippen molar-refractivity contribution in [2.75, 3.05) is 6.54 Å². The van der Waals surface area contributed by atoms with Crippen molar-refractivity contribution in [1.82, 2.24) is 24.4 Å². The molecule has 2 heterocycles. The van der Waals surface area contributed by atoms with Crippen molar-refractivity contribution in [3.63, 3.8) is 0 Å². The number of hydrogen-bond acceptors (Lipinski definition) is 5. The molecular formula is C18H18F2N6O2. The maximum atomic E-state index is 12.8. The first-order valence-electron chi connectivity index (χ1n) is 8.51. The van der Waals surface area contributed by atoms with E-state index in [1.807, 2.05) is 13.0 Å². The van der Waals surface area contributed by atoms with E-state index in [0.29, 0.717) is 12.2 Å². The molecule has 28 heavy (non-hydrogen) atoms. The van der Waals surface area contributed by atoms with Gasteiger partial charge in [-0.1, -0.05) is 12.1 Å². The van der Waals surface area contributed by atoms with Gasteiger partial charge in [-0.15, -0.1) is 0 Å². The predicted octanol–water partition coefficient (Wildman–Crippen LogP) is 1.39. The quantitative estimate of drug-likeness (QED) is 0.688. The lowest BCUT2D eigenvalue weighted by Crippen LogP contribution is -2.26. The molecule has 3 aromatic rings. The van der Waals surface area contributed by atoms with Gasteiger partial charge in [0.05, 0.1) is 12.2 Å². The summed E-state index contributed by atoms with van der Waals surface area (Å²) in [6, 6.07) is 10.1. The summed E-state index contributed by atoms with van der Waals surface area (Å²) < 4.78 is 29.0. The van der Waals surface area contributed by atoms with Gasteiger partial charge in [0.15, 0.2) is 0 Å². The number of aryl methyl sites for hydroxylation is 1. The molecule has 0 spiro atoms. The normalized spacial score (nSPS) is 10.9. The molecule has 0 saturated heterocycles. The average molecular weight is 388 g/mol.